The molecule has 26 heavy (non-hydrogen) atoms. The lowest BCUT2D eigenvalue weighted by Gasteiger charge is -2.09. The van der Waals surface area contributed by atoms with Crippen molar-refractivity contribution in [1.82, 2.24) is 4.98 Å². The maximum absolute atomic E-state index is 11.4. The molecule has 0 radical (unpaired) electrons. The normalized spacial score (nSPS) is 10.9. The maximum Gasteiger partial charge on any atom is 0.311 e. The van der Waals surface area contributed by atoms with Crippen LogP contribution in [-0.2, 0) is 21.8 Å². The Morgan fingerprint density at radius 3 is 3.00 bits per heavy atom. The van der Waals surface area contributed by atoms with Gasteiger partial charge >= 0.3 is 5.97 Å². The lowest BCUT2D eigenvalue weighted by molar-refractivity contribution is -0.142. The minimum Gasteiger partial charge on any atom is -0.493 e. The van der Waals surface area contributed by atoms with E-state index in [1.807, 2.05) is 18.2 Å². The van der Waals surface area contributed by atoms with Crippen LogP contribution in [0.5, 0.6) is 5.75 Å². The van der Waals surface area contributed by atoms with E-state index in [9.17, 15) is 4.79 Å². The molecule has 1 heterocycles. The zero-order valence-corrected chi connectivity index (χ0v) is 16.4. The van der Waals surface area contributed by atoms with Crippen molar-refractivity contribution in [3.63, 3.8) is 0 Å². The van der Waals surface area contributed by atoms with Crippen LogP contribution < -0.4 is 10.2 Å². The van der Waals surface area contributed by atoms with Gasteiger partial charge in [0.25, 0.3) is 0 Å². The summed E-state index contributed by atoms with van der Waals surface area (Å²) >= 11 is 7.37. The Hall–Kier alpha value is -2.12. The van der Waals surface area contributed by atoms with Crippen LogP contribution in [0.2, 0.25) is 0 Å². The van der Waals surface area contributed by atoms with E-state index >= 15 is 0 Å². The smallest absolute Gasteiger partial charge is 0.311 e. The van der Waals surface area contributed by atoms with Crippen molar-refractivity contribution in [1.29, 1.82) is 0 Å². The second kappa shape index (κ2) is 10.8. The van der Waals surface area contributed by atoms with Crippen LogP contribution in [0.1, 0.15) is 37.1 Å². The largest absolute Gasteiger partial charge is 0.493 e. The van der Waals surface area contributed by atoms with Crippen molar-refractivity contribution in [3.8, 4) is 5.75 Å². The van der Waals surface area contributed by atoms with Gasteiger partial charge in [-0.25, -0.2) is 4.98 Å². The van der Waals surface area contributed by atoms with E-state index < -0.39 is 0 Å². The summed E-state index contributed by atoms with van der Waals surface area (Å²) < 4.78 is 10.6. The first-order valence-corrected chi connectivity index (χ1v) is 9.78. The average molecular weight is 396 g/mol. The molecule has 0 spiro atoms. The number of aromatic nitrogens is 1. The van der Waals surface area contributed by atoms with Crippen LogP contribution in [0.15, 0.2) is 28.7 Å². The summed E-state index contributed by atoms with van der Waals surface area (Å²) in [5, 5.41) is 6.60. The highest BCUT2D eigenvalue weighted by atomic mass is 35.5. The summed E-state index contributed by atoms with van der Waals surface area (Å²) in [6.45, 7) is 4.87. The molecule has 1 aromatic carbocycles. The monoisotopic (exact) mass is 395 g/mol. The van der Waals surface area contributed by atoms with Gasteiger partial charge in [-0.2, -0.15) is 5.10 Å². The molecule has 0 amide bonds. The first-order valence-electron chi connectivity index (χ1n) is 8.37. The summed E-state index contributed by atoms with van der Waals surface area (Å²) in [5.74, 6) is 0.889. The number of carbonyl (C=O) groups excluding carboxylic acids is 1. The number of esters is 1. The maximum atomic E-state index is 11.4. The molecule has 2 rings (SSSR count). The number of anilines is 1. The predicted octanol–water partition coefficient (Wildman–Crippen LogP) is 4.22. The van der Waals surface area contributed by atoms with Crippen LogP contribution in [0.4, 0.5) is 5.13 Å². The first kappa shape index (κ1) is 20.2. The molecule has 2 aromatic rings. The van der Waals surface area contributed by atoms with Crippen LogP contribution in [-0.4, -0.2) is 30.4 Å². The summed E-state index contributed by atoms with van der Waals surface area (Å²) in [4.78, 5) is 15.7. The number of rotatable bonds is 10. The van der Waals surface area contributed by atoms with E-state index in [2.05, 4.69) is 22.4 Å². The van der Waals surface area contributed by atoms with Crippen molar-refractivity contribution in [2.24, 2.45) is 5.10 Å². The number of hydrazone groups is 1. The number of carbonyl (C=O) groups is 1. The van der Waals surface area contributed by atoms with Gasteiger partial charge < -0.3 is 9.47 Å². The molecule has 0 unspecified atom stereocenters. The van der Waals surface area contributed by atoms with Gasteiger partial charge in [0.05, 0.1) is 37.4 Å². The number of alkyl halides is 1. The van der Waals surface area contributed by atoms with E-state index in [-0.39, 0.29) is 12.4 Å². The Bertz CT molecular complexity index is 749. The van der Waals surface area contributed by atoms with E-state index in [4.69, 9.17) is 21.1 Å². The number of hydrogen-bond donors (Lipinski definition) is 1. The Morgan fingerprint density at radius 1 is 1.42 bits per heavy atom. The molecule has 0 aliphatic carbocycles. The quantitative estimate of drug-likeness (QED) is 0.282. The Labute approximate surface area is 162 Å². The zero-order valence-electron chi connectivity index (χ0n) is 14.8. The second-order valence-corrected chi connectivity index (χ2v) is 6.47. The molecule has 1 N–H and O–H groups in total. The van der Waals surface area contributed by atoms with Gasteiger partial charge in [0.2, 0.25) is 5.13 Å². The molecule has 0 aliphatic rings. The molecule has 0 saturated heterocycles. The molecule has 8 heteroatoms. The number of hydrogen-bond acceptors (Lipinski definition) is 7. The molecular formula is C18H22ClN3O3S. The third-order valence-electron chi connectivity index (χ3n) is 3.25. The molecule has 0 bridgehead atoms. The molecule has 0 fully saturated rings. The second-order valence-electron chi connectivity index (χ2n) is 5.35. The standard InChI is InChI=1S/C18H22ClN3O3S/c1-3-7-25-16-6-5-13(8-14(16)10-19)11-20-22-18-21-15(12-26-18)9-17(23)24-4-2/h5-6,8,11-12H,3-4,7,9-10H2,1-2H3,(H,21,22). The summed E-state index contributed by atoms with van der Waals surface area (Å²) in [6.07, 6.45) is 2.79. The van der Waals surface area contributed by atoms with Gasteiger partial charge in [-0.05, 0) is 37.1 Å². The predicted molar refractivity (Wildman–Crippen MR) is 105 cm³/mol. The molecule has 1 aromatic heterocycles. The Kier molecular flexibility index (Phi) is 8.37. The highest BCUT2D eigenvalue weighted by Crippen LogP contribution is 2.22. The Morgan fingerprint density at radius 2 is 2.27 bits per heavy atom. The van der Waals surface area contributed by atoms with E-state index in [1.54, 1.807) is 18.5 Å². The van der Waals surface area contributed by atoms with Gasteiger partial charge in [-0.15, -0.1) is 22.9 Å². The lowest BCUT2D eigenvalue weighted by atomic mass is 10.1. The first-order chi connectivity index (χ1) is 12.7. The van der Waals surface area contributed by atoms with Gasteiger partial charge in [0, 0.05) is 10.9 Å². The van der Waals surface area contributed by atoms with E-state index in [0.29, 0.717) is 29.9 Å². The summed E-state index contributed by atoms with van der Waals surface area (Å²) in [5.41, 5.74) is 5.35. The van der Waals surface area contributed by atoms with Crippen molar-refractivity contribution in [3.05, 3.63) is 40.4 Å². The number of thiazole rings is 1. The fraction of sp³-hybridized carbons (Fsp3) is 0.389. The highest BCUT2D eigenvalue weighted by molar-refractivity contribution is 7.13. The van der Waals surface area contributed by atoms with Crippen LogP contribution >= 0.6 is 22.9 Å². The molecular weight excluding hydrogens is 374 g/mol. The summed E-state index contributed by atoms with van der Waals surface area (Å²) in [6, 6.07) is 5.76. The van der Waals surface area contributed by atoms with Crippen LogP contribution in [0, 0.1) is 0 Å². The number of ether oxygens (including phenoxy) is 2. The average Bonchev–Trinajstić information content (AvgIpc) is 3.07. The summed E-state index contributed by atoms with van der Waals surface area (Å²) in [7, 11) is 0. The van der Waals surface area contributed by atoms with Gasteiger partial charge in [0.15, 0.2) is 0 Å². The topological polar surface area (TPSA) is 72.8 Å². The third kappa shape index (κ3) is 6.31. The SMILES string of the molecule is CCCOc1ccc(C=NNc2nc(CC(=O)OCC)cs2)cc1CCl. The number of benzene rings is 1. The number of nitrogens with one attached hydrogen (secondary N) is 1. The Balaban J connectivity index is 1.93. The van der Waals surface area contributed by atoms with Crippen molar-refractivity contribution in [2.45, 2.75) is 32.6 Å². The lowest BCUT2D eigenvalue weighted by Crippen LogP contribution is -2.07. The molecule has 6 nitrogen and oxygen atoms in total. The molecule has 0 atom stereocenters. The minimum atomic E-state index is -0.285. The van der Waals surface area contributed by atoms with E-state index in [1.165, 1.54) is 11.3 Å². The van der Waals surface area contributed by atoms with Crippen LogP contribution in [0.3, 0.4) is 0 Å². The van der Waals surface area contributed by atoms with Gasteiger partial charge in [0.1, 0.15) is 5.75 Å². The fourth-order valence-electron chi connectivity index (χ4n) is 2.10. The molecule has 140 valence electrons. The van der Waals surface area contributed by atoms with Gasteiger partial charge in [-0.1, -0.05) is 6.92 Å². The van der Waals surface area contributed by atoms with E-state index in [0.717, 1.165) is 23.3 Å². The van der Waals surface area contributed by atoms with Crippen LogP contribution in [0.25, 0.3) is 0 Å². The number of halogens is 1. The zero-order chi connectivity index (χ0) is 18.8. The third-order valence-corrected chi connectivity index (χ3v) is 4.33. The van der Waals surface area contributed by atoms with Crippen molar-refractivity contribution in [2.75, 3.05) is 18.6 Å². The number of nitrogens with zero attached hydrogens (tertiary/aromatic N) is 2. The molecule has 0 aliphatic heterocycles. The van der Waals surface area contributed by atoms with Gasteiger partial charge in [-0.3, -0.25) is 10.2 Å². The minimum absolute atomic E-state index is 0.161. The van der Waals surface area contributed by atoms with Crippen molar-refractivity contribution >= 4 is 40.3 Å². The van der Waals surface area contributed by atoms with Crippen molar-refractivity contribution < 1.29 is 14.3 Å². The highest BCUT2D eigenvalue weighted by Gasteiger charge is 2.08. The fourth-order valence-corrected chi connectivity index (χ4v) is 2.97. The molecule has 0 saturated carbocycles.